The average Bonchev–Trinajstić information content (AvgIpc) is 3.44. The van der Waals surface area contributed by atoms with Gasteiger partial charge in [0.2, 0.25) is 0 Å². The van der Waals surface area contributed by atoms with Crippen molar-refractivity contribution in [1.29, 1.82) is 0 Å². The zero-order valence-electron chi connectivity index (χ0n) is 18.8. The maximum atomic E-state index is 13.4. The van der Waals surface area contributed by atoms with Gasteiger partial charge in [-0.1, -0.05) is 6.07 Å². The fourth-order valence-electron chi connectivity index (χ4n) is 3.76. The van der Waals surface area contributed by atoms with Crippen LogP contribution in [0.3, 0.4) is 0 Å². The molecule has 1 N–H and O–H groups in total. The maximum absolute atomic E-state index is 13.4. The monoisotopic (exact) mass is 508 g/mol. The third kappa shape index (κ3) is 4.76. The number of benzene rings is 1. The topological polar surface area (TPSA) is 77.2 Å². The molecule has 3 heterocycles. The van der Waals surface area contributed by atoms with Gasteiger partial charge in [-0.15, -0.1) is 0 Å². The van der Waals surface area contributed by atoms with Crippen LogP contribution in [-0.2, 0) is 18.4 Å². The molecule has 13 heteroatoms. The summed E-state index contributed by atoms with van der Waals surface area (Å²) in [6, 6.07) is 5.53. The van der Waals surface area contributed by atoms with Gasteiger partial charge in [-0.2, -0.15) is 10.2 Å². The molecular formula is C22H20F4N6O2S. The summed E-state index contributed by atoms with van der Waals surface area (Å²) in [7, 11) is 3.12. The first-order valence-corrected chi connectivity index (χ1v) is 10.7. The van der Waals surface area contributed by atoms with Crippen LogP contribution in [0.2, 0.25) is 0 Å². The third-order valence-corrected chi connectivity index (χ3v) is 5.60. The number of thiocarbonyl (C=S) groups is 1. The number of amides is 1. The zero-order valence-corrected chi connectivity index (χ0v) is 19.6. The van der Waals surface area contributed by atoms with Gasteiger partial charge in [0.05, 0.1) is 25.0 Å². The fourth-order valence-corrected chi connectivity index (χ4v) is 4.05. The van der Waals surface area contributed by atoms with Crippen molar-refractivity contribution < 1.29 is 27.1 Å². The van der Waals surface area contributed by atoms with Crippen molar-refractivity contribution >= 4 is 35.0 Å². The van der Waals surface area contributed by atoms with Crippen molar-refractivity contribution in [3.05, 3.63) is 64.4 Å². The lowest BCUT2D eigenvalue weighted by Gasteiger charge is -2.12. The molecule has 0 aliphatic carbocycles. The Hall–Kier alpha value is -3.74. The van der Waals surface area contributed by atoms with E-state index in [1.165, 1.54) is 12.0 Å². The van der Waals surface area contributed by atoms with E-state index in [0.717, 1.165) is 4.68 Å². The van der Waals surface area contributed by atoms with Crippen molar-refractivity contribution in [2.45, 2.75) is 26.3 Å². The Bertz CT molecular complexity index is 1330. The van der Waals surface area contributed by atoms with Crippen LogP contribution in [0.4, 0.5) is 23.2 Å². The Labute approximate surface area is 202 Å². The summed E-state index contributed by atoms with van der Waals surface area (Å²) in [5.41, 5.74) is 0.924. The van der Waals surface area contributed by atoms with Gasteiger partial charge in [-0.05, 0) is 49.0 Å². The highest BCUT2D eigenvalue weighted by atomic mass is 32.1. The first kappa shape index (κ1) is 24.4. The minimum absolute atomic E-state index is 0.184. The quantitative estimate of drug-likeness (QED) is 0.294. The molecule has 8 nitrogen and oxygen atoms in total. The first-order chi connectivity index (χ1) is 16.6. The maximum Gasteiger partial charge on any atom is 0.282 e. The summed E-state index contributed by atoms with van der Waals surface area (Å²) in [6.45, 7) is 1.51. The number of hydrogen-bond acceptors (Lipinski definition) is 5. The summed E-state index contributed by atoms with van der Waals surface area (Å²) >= 11 is 5.33. The van der Waals surface area contributed by atoms with E-state index in [1.54, 1.807) is 49.1 Å². The second kappa shape index (κ2) is 9.49. The molecule has 3 aromatic rings. The number of anilines is 1. The fraction of sp³-hybridized carbons (Fsp3) is 0.273. The van der Waals surface area contributed by atoms with Crippen molar-refractivity contribution in [3.63, 3.8) is 0 Å². The van der Waals surface area contributed by atoms with E-state index in [4.69, 9.17) is 17.0 Å². The Balaban J connectivity index is 1.67. The highest BCUT2D eigenvalue weighted by molar-refractivity contribution is 7.80. The van der Waals surface area contributed by atoms with Crippen LogP contribution >= 0.6 is 12.2 Å². The molecule has 0 radical (unpaired) electrons. The Kier molecular flexibility index (Phi) is 6.61. The molecule has 4 rings (SSSR count). The second-order valence-electron chi connectivity index (χ2n) is 7.73. The third-order valence-electron chi connectivity index (χ3n) is 5.32. The standard InChI is InChI=1S/C22H20F4N6O2S/c1-11-17(10-30(2)28-11)32-21(33)15(27-22(32)35)7-12-4-5-18(34-3)13(6-12)9-31-16(20(25)26)8-14(29-31)19(23)24/h4-8,10,19-20H,9H2,1-3H3,(H,27,35)/b15-7+. The molecule has 0 bridgehead atoms. The predicted octanol–water partition coefficient (Wildman–Crippen LogP) is 4.12. The molecule has 2 aromatic heterocycles. The number of methoxy groups -OCH3 is 1. The number of carbonyl (C=O) groups excluding carboxylic acids is 1. The molecule has 1 amide bonds. The van der Waals surface area contributed by atoms with E-state index in [1.807, 2.05) is 0 Å². The summed E-state index contributed by atoms with van der Waals surface area (Å²) in [5.74, 6) is -0.0487. The summed E-state index contributed by atoms with van der Waals surface area (Å²) in [4.78, 5) is 14.4. The lowest BCUT2D eigenvalue weighted by molar-refractivity contribution is -0.113. The van der Waals surface area contributed by atoms with Gasteiger partial charge in [-0.3, -0.25) is 14.2 Å². The van der Waals surface area contributed by atoms with Crippen molar-refractivity contribution in [2.75, 3.05) is 12.0 Å². The van der Waals surface area contributed by atoms with Crippen LogP contribution in [0, 0.1) is 6.92 Å². The second-order valence-corrected chi connectivity index (χ2v) is 8.11. The summed E-state index contributed by atoms with van der Waals surface area (Å²) in [5, 5.41) is 10.9. The molecule has 1 aliphatic rings. The van der Waals surface area contributed by atoms with Gasteiger partial charge in [0.1, 0.15) is 22.8 Å². The molecule has 1 fully saturated rings. The summed E-state index contributed by atoms with van der Waals surface area (Å²) < 4.78 is 60.6. The van der Waals surface area contributed by atoms with Gasteiger partial charge in [0.15, 0.2) is 5.11 Å². The normalized spacial score (nSPS) is 15.1. The number of aryl methyl sites for hydroxylation is 2. The molecule has 0 spiro atoms. The smallest absolute Gasteiger partial charge is 0.282 e. The van der Waals surface area contributed by atoms with E-state index in [-0.39, 0.29) is 17.4 Å². The van der Waals surface area contributed by atoms with Crippen LogP contribution in [0.15, 0.2) is 36.2 Å². The van der Waals surface area contributed by atoms with E-state index in [9.17, 15) is 22.4 Å². The molecule has 0 unspecified atom stereocenters. The van der Waals surface area contributed by atoms with Crippen LogP contribution in [0.5, 0.6) is 5.75 Å². The lowest BCUT2D eigenvalue weighted by atomic mass is 10.1. The van der Waals surface area contributed by atoms with Crippen molar-refractivity contribution in [3.8, 4) is 5.75 Å². The Morgan fingerprint density at radius 3 is 2.51 bits per heavy atom. The molecule has 35 heavy (non-hydrogen) atoms. The number of hydrogen-bond donors (Lipinski definition) is 1. The highest BCUT2D eigenvalue weighted by Crippen LogP contribution is 2.29. The molecule has 0 atom stereocenters. The van der Waals surface area contributed by atoms with Gasteiger partial charge >= 0.3 is 0 Å². The summed E-state index contributed by atoms with van der Waals surface area (Å²) in [6.07, 6.45) is -2.75. The number of nitrogens with one attached hydrogen (secondary N) is 1. The van der Waals surface area contributed by atoms with Crippen LogP contribution in [0.1, 0.15) is 41.1 Å². The molecule has 1 aromatic carbocycles. The number of nitrogens with zero attached hydrogens (tertiary/aromatic N) is 5. The van der Waals surface area contributed by atoms with Crippen LogP contribution in [-0.4, -0.2) is 37.7 Å². The number of alkyl halides is 4. The molecule has 1 aliphatic heterocycles. The number of halogens is 4. The number of ether oxygens (including phenoxy) is 1. The average molecular weight is 509 g/mol. The van der Waals surface area contributed by atoms with E-state index in [2.05, 4.69) is 15.5 Å². The predicted molar refractivity (Wildman–Crippen MR) is 123 cm³/mol. The molecule has 1 saturated heterocycles. The highest BCUT2D eigenvalue weighted by Gasteiger charge is 2.34. The first-order valence-electron chi connectivity index (χ1n) is 10.3. The van der Waals surface area contributed by atoms with Gasteiger partial charge in [-0.25, -0.2) is 22.5 Å². The largest absolute Gasteiger partial charge is 0.496 e. The van der Waals surface area contributed by atoms with E-state index >= 15 is 0 Å². The van der Waals surface area contributed by atoms with Gasteiger partial charge in [0.25, 0.3) is 18.8 Å². The number of carbonyl (C=O) groups is 1. The minimum atomic E-state index is -2.99. The molecule has 0 saturated carbocycles. The SMILES string of the molecule is COc1ccc(/C=C2/NC(=S)N(c3cn(C)nc3C)C2=O)cc1Cn1nc(C(F)F)cc1C(F)F. The number of rotatable bonds is 7. The number of aromatic nitrogens is 4. The van der Waals surface area contributed by atoms with Crippen LogP contribution in [0.25, 0.3) is 6.08 Å². The zero-order chi connectivity index (χ0) is 25.4. The van der Waals surface area contributed by atoms with Gasteiger partial charge < -0.3 is 10.1 Å². The molecular weight excluding hydrogens is 488 g/mol. The van der Waals surface area contributed by atoms with Crippen LogP contribution < -0.4 is 15.0 Å². The Morgan fingerprint density at radius 1 is 1.17 bits per heavy atom. The van der Waals surface area contributed by atoms with E-state index < -0.39 is 30.1 Å². The Morgan fingerprint density at radius 2 is 1.91 bits per heavy atom. The van der Waals surface area contributed by atoms with Gasteiger partial charge in [0, 0.05) is 18.8 Å². The van der Waals surface area contributed by atoms with Crippen molar-refractivity contribution in [1.82, 2.24) is 24.9 Å². The molecule has 184 valence electrons. The minimum Gasteiger partial charge on any atom is -0.496 e. The van der Waals surface area contributed by atoms with E-state index in [0.29, 0.717) is 34.3 Å². The lowest BCUT2D eigenvalue weighted by Crippen LogP contribution is -2.30. The van der Waals surface area contributed by atoms with Crippen molar-refractivity contribution in [2.24, 2.45) is 7.05 Å².